The lowest BCUT2D eigenvalue weighted by atomic mass is 10.0. The number of anilines is 4. The topological polar surface area (TPSA) is 59.6 Å². The third-order valence-corrected chi connectivity index (χ3v) is 7.50. The lowest BCUT2D eigenvalue weighted by Crippen LogP contribution is -2.47. The highest BCUT2D eigenvalue weighted by atomic mass is 35.5. The molecule has 7 nitrogen and oxygen atoms in total. The Morgan fingerprint density at radius 3 is 2.30 bits per heavy atom. The molecule has 0 radical (unpaired) electrons. The van der Waals surface area contributed by atoms with E-state index in [1.54, 1.807) is 0 Å². The molecule has 0 amide bonds. The van der Waals surface area contributed by atoms with Gasteiger partial charge in [-0.3, -0.25) is 0 Å². The average molecular weight is 536 g/mol. The van der Waals surface area contributed by atoms with Gasteiger partial charge in [0.2, 0.25) is 5.95 Å². The van der Waals surface area contributed by atoms with Gasteiger partial charge in [0, 0.05) is 62.6 Å². The maximum atomic E-state index is 6.00. The number of thiocarbonyl (C=S) groups is 1. The fourth-order valence-corrected chi connectivity index (χ4v) is 5.25. The second kappa shape index (κ2) is 12.0. The smallest absolute Gasteiger partial charge is 0.232 e. The van der Waals surface area contributed by atoms with E-state index in [0.717, 1.165) is 61.5 Å². The van der Waals surface area contributed by atoms with Crippen molar-refractivity contribution in [1.29, 1.82) is 0 Å². The van der Waals surface area contributed by atoms with Gasteiger partial charge in [-0.15, -0.1) is 0 Å². The quantitative estimate of drug-likeness (QED) is 0.419. The summed E-state index contributed by atoms with van der Waals surface area (Å²) in [5.41, 5.74) is 2.37. The van der Waals surface area contributed by atoms with Gasteiger partial charge >= 0.3 is 0 Å². The number of piperidine rings is 1. The lowest BCUT2D eigenvalue weighted by Gasteiger charge is -2.37. The van der Waals surface area contributed by atoms with Crippen LogP contribution < -0.4 is 25.3 Å². The van der Waals surface area contributed by atoms with Crippen molar-refractivity contribution >= 4 is 52.2 Å². The van der Waals surface area contributed by atoms with Crippen LogP contribution in [-0.4, -0.2) is 54.3 Å². The Bertz CT molecular complexity index is 1180. The highest BCUT2D eigenvalue weighted by Gasteiger charge is 2.23. The Kier molecular flexibility index (Phi) is 8.26. The van der Waals surface area contributed by atoms with Crippen LogP contribution in [0.2, 0.25) is 5.02 Å². The summed E-state index contributed by atoms with van der Waals surface area (Å²) in [6.07, 6.45) is 2.44. The summed E-state index contributed by atoms with van der Waals surface area (Å²) in [6.45, 7) is 8.65. The van der Waals surface area contributed by atoms with E-state index >= 15 is 0 Å². The second-order valence-corrected chi connectivity index (χ2v) is 10.7. The SMILES string of the molecule is C[C@H]1CCCN(c2cc(N3CCN(c4ccccc4)CC3)nc(NC(=S)NCc3ccc(Cl)cc3)n2)C1. The van der Waals surface area contributed by atoms with E-state index in [9.17, 15) is 0 Å². The van der Waals surface area contributed by atoms with E-state index < -0.39 is 0 Å². The number of aromatic nitrogens is 2. The van der Waals surface area contributed by atoms with Crippen molar-refractivity contribution in [3.8, 4) is 0 Å². The van der Waals surface area contributed by atoms with Gasteiger partial charge in [0.15, 0.2) is 5.11 Å². The van der Waals surface area contributed by atoms with E-state index in [-0.39, 0.29) is 0 Å². The van der Waals surface area contributed by atoms with Crippen LogP contribution in [-0.2, 0) is 6.54 Å². The molecule has 3 aromatic rings. The molecule has 37 heavy (non-hydrogen) atoms. The fourth-order valence-electron chi connectivity index (χ4n) is 4.96. The predicted octanol–water partition coefficient (Wildman–Crippen LogP) is 5.18. The van der Waals surface area contributed by atoms with Crippen LogP contribution in [0.4, 0.5) is 23.3 Å². The lowest BCUT2D eigenvalue weighted by molar-refractivity contribution is 0.444. The van der Waals surface area contributed by atoms with Gasteiger partial charge in [0.05, 0.1) is 0 Å². The number of benzene rings is 2. The zero-order chi connectivity index (χ0) is 25.6. The van der Waals surface area contributed by atoms with Crippen molar-refractivity contribution in [2.45, 2.75) is 26.3 Å². The van der Waals surface area contributed by atoms with Gasteiger partial charge in [0.1, 0.15) is 11.6 Å². The van der Waals surface area contributed by atoms with Gasteiger partial charge in [-0.05, 0) is 60.8 Å². The molecule has 0 spiro atoms. The molecule has 1 aromatic heterocycles. The van der Waals surface area contributed by atoms with Crippen LogP contribution in [0.5, 0.6) is 0 Å². The molecule has 5 rings (SSSR count). The summed E-state index contributed by atoms with van der Waals surface area (Å²) < 4.78 is 0. The molecule has 2 fully saturated rings. The maximum Gasteiger partial charge on any atom is 0.232 e. The Hall–Kier alpha value is -3.10. The monoisotopic (exact) mass is 535 g/mol. The third-order valence-electron chi connectivity index (χ3n) is 7.00. The number of hydrogen-bond donors (Lipinski definition) is 2. The van der Waals surface area contributed by atoms with Crippen molar-refractivity contribution in [2.75, 3.05) is 59.3 Å². The highest BCUT2D eigenvalue weighted by molar-refractivity contribution is 7.80. The van der Waals surface area contributed by atoms with Crippen LogP contribution >= 0.6 is 23.8 Å². The standard InChI is InChI=1S/C28H34ClN7S/c1-21-6-5-13-36(20-21)26-18-25(35-16-14-34(15-17-35)24-7-3-2-4-8-24)31-27(32-26)33-28(37)30-19-22-9-11-23(29)12-10-22/h2-4,7-12,18,21H,5-6,13-17,19-20H2,1H3,(H2,30,31,32,33,37)/t21-/m0/s1. The number of nitrogens with zero attached hydrogens (tertiary/aromatic N) is 5. The minimum absolute atomic E-state index is 0.499. The molecule has 9 heteroatoms. The molecule has 0 bridgehead atoms. The van der Waals surface area contributed by atoms with Gasteiger partial charge in [-0.1, -0.05) is 48.9 Å². The summed E-state index contributed by atoms with van der Waals surface area (Å²) >= 11 is 11.6. The van der Waals surface area contributed by atoms with Crippen LogP contribution in [0.15, 0.2) is 60.7 Å². The molecule has 194 valence electrons. The number of piperazine rings is 1. The van der Waals surface area contributed by atoms with E-state index in [1.807, 2.05) is 24.3 Å². The molecule has 0 saturated carbocycles. The third kappa shape index (κ3) is 6.81. The maximum absolute atomic E-state index is 6.00. The van der Waals surface area contributed by atoms with Gasteiger partial charge in [-0.2, -0.15) is 9.97 Å². The molecule has 0 unspecified atom stereocenters. The van der Waals surface area contributed by atoms with Gasteiger partial charge in [-0.25, -0.2) is 0 Å². The molecular formula is C28H34ClN7S. The van der Waals surface area contributed by atoms with E-state index in [1.165, 1.54) is 18.5 Å². The zero-order valence-electron chi connectivity index (χ0n) is 21.2. The first-order valence-electron chi connectivity index (χ1n) is 13.0. The largest absolute Gasteiger partial charge is 0.368 e. The molecule has 2 aliphatic heterocycles. The summed E-state index contributed by atoms with van der Waals surface area (Å²) in [7, 11) is 0. The number of rotatable bonds is 6. The van der Waals surface area contributed by atoms with Gasteiger partial charge < -0.3 is 25.3 Å². The van der Waals surface area contributed by atoms with Crippen molar-refractivity contribution in [3.05, 3.63) is 71.2 Å². The van der Waals surface area contributed by atoms with E-state index in [0.29, 0.717) is 23.5 Å². The molecular weight excluding hydrogens is 502 g/mol. The van der Waals surface area contributed by atoms with E-state index in [2.05, 4.69) is 68.7 Å². The van der Waals surface area contributed by atoms with Crippen LogP contribution in [0, 0.1) is 5.92 Å². The molecule has 3 heterocycles. The van der Waals surface area contributed by atoms with Crippen LogP contribution in [0.3, 0.4) is 0 Å². The second-order valence-electron chi connectivity index (χ2n) is 9.85. The van der Waals surface area contributed by atoms with Crippen LogP contribution in [0.1, 0.15) is 25.3 Å². The zero-order valence-corrected chi connectivity index (χ0v) is 22.8. The normalized spacial score (nSPS) is 18.0. The molecule has 1 atom stereocenters. The Morgan fingerprint density at radius 2 is 1.59 bits per heavy atom. The summed E-state index contributed by atoms with van der Waals surface area (Å²) in [5.74, 6) is 3.09. The Labute approximate surface area is 229 Å². The average Bonchev–Trinajstić information content (AvgIpc) is 2.93. The summed E-state index contributed by atoms with van der Waals surface area (Å²) in [5, 5.41) is 7.72. The number of nitrogens with one attached hydrogen (secondary N) is 2. The highest BCUT2D eigenvalue weighted by Crippen LogP contribution is 2.27. The van der Waals surface area contributed by atoms with Crippen molar-refractivity contribution in [3.63, 3.8) is 0 Å². The first-order chi connectivity index (χ1) is 18.0. The van der Waals surface area contributed by atoms with Crippen molar-refractivity contribution in [2.24, 2.45) is 5.92 Å². The number of hydrogen-bond acceptors (Lipinski definition) is 6. The minimum atomic E-state index is 0.499. The first kappa shape index (κ1) is 25.5. The molecule has 2 saturated heterocycles. The van der Waals surface area contributed by atoms with Crippen molar-refractivity contribution in [1.82, 2.24) is 15.3 Å². The van der Waals surface area contributed by atoms with E-state index in [4.69, 9.17) is 33.8 Å². The number of halogens is 1. The van der Waals surface area contributed by atoms with Gasteiger partial charge in [0.25, 0.3) is 0 Å². The molecule has 0 aliphatic carbocycles. The molecule has 2 aromatic carbocycles. The molecule has 2 N–H and O–H groups in total. The first-order valence-corrected chi connectivity index (χ1v) is 13.8. The Balaban J connectivity index is 1.30. The fraction of sp³-hybridized carbons (Fsp3) is 0.393. The number of para-hydroxylation sites is 1. The minimum Gasteiger partial charge on any atom is -0.368 e. The predicted molar refractivity (Wildman–Crippen MR) is 158 cm³/mol. The van der Waals surface area contributed by atoms with Crippen LogP contribution in [0.25, 0.3) is 0 Å². The Morgan fingerprint density at radius 1 is 0.919 bits per heavy atom. The van der Waals surface area contributed by atoms with Crippen molar-refractivity contribution < 1.29 is 0 Å². The summed E-state index contributed by atoms with van der Waals surface area (Å²) in [6, 6.07) is 20.5. The molecule has 2 aliphatic rings. The summed E-state index contributed by atoms with van der Waals surface area (Å²) in [4.78, 5) is 16.9.